The minimum atomic E-state index is 0.217. The maximum absolute atomic E-state index is 12.0. The van der Waals surface area contributed by atoms with E-state index in [1.807, 2.05) is 11.6 Å². The van der Waals surface area contributed by atoms with Crippen LogP contribution in [0.25, 0.3) is 0 Å². The predicted molar refractivity (Wildman–Crippen MR) is 59.5 cm³/mol. The Morgan fingerprint density at radius 1 is 0.933 bits per heavy atom. The Bertz CT molecular complexity index is 437. The van der Waals surface area contributed by atoms with Crippen molar-refractivity contribution in [2.24, 2.45) is 0 Å². The molecule has 4 heteroatoms. The van der Waals surface area contributed by atoms with Gasteiger partial charge in [0, 0.05) is 26.2 Å². The molecule has 0 aliphatic carbocycles. The highest BCUT2D eigenvalue weighted by atomic mass is 16.1. The zero-order valence-corrected chi connectivity index (χ0v) is 9.20. The van der Waals surface area contributed by atoms with Crippen LogP contribution in [0.15, 0.2) is 4.79 Å². The van der Waals surface area contributed by atoms with Crippen LogP contribution in [0.2, 0.25) is 0 Å². The Balaban J connectivity index is 2.13. The van der Waals surface area contributed by atoms with Gasteiger partial charge in [0.15, 0.2) is 0 Å². The van der Waals surface area contributed by atoms with Gasteiger partial charge >= 0.3 is 0 Å². The summed E-state index contributed by atoms with van der Waals surface area (Å²) in [6.07, 6.45) is 3.63. The average Bonchev–Trinajstić information content (AvgIpc) is 2.89. The quantitative estimate of drug-likeness (QED) is 0.686. The fourth-order valence-electron chi connectivity index (χ4n) is 2.86. The molecule has 0 spiro atoms. The van der Waals surface area contributed by atoms with E-state index in [2.05, 4.69) is 9.58 Å². The van der Waals surface area contributed by atoms with Crippen molar-refractivity contribution in [3.8, 4) is 0 Å². The molecule has 0 N–H and O–H groups in total. The lowest BCUT2D eigenvalue weighted by molar-refractivity contribution is 0.589. The van der Waals surface area contributed by atoms with E-state index in [1.54, 1.807) is 0 Å². The molecule has 2 aliphatic rings. The van der Waals surface area contributed by atoms with Gasteiger partial charge in [-0.2, -0.15) is 0 Å². The first-order valence-electron chi connectivity index (χ1n) is 5.84. The molecule has 3 rings (SSSR count). The molecule has 0 atom stereocenters. The number of anilines is 1. The van der Waals surface area contributed by atoms with Crippen LogP contribution in [0.4, 0.5) is 5.82 Å². The number of hydrogen-bond donors (Lipinski definition) is 0. The maximum atomic E-state index is 12.0. The lowest BCUT2D eigenvalue weighted by Gasteiger charge is -2.19. The number of rotatable bonds is 1. The molecule has 4 nitrogen and oxygen atoms in total. The van der Waals surface area contributed by atoms with E-state index < -0.39 is 0 Å². The van der Waals surface area contributed by atoms with E-state index >= 15 is 0 Å². The van der Waals surface area contributed by atoms with Crippen molar-refractivity contribution in [1.29, 1.82) is 0 Å². The van der Waals surface area contributed by atoms with E-state index in [0.717, 1.165) is 38.2 Å². The van der Waals surface area contributed by atoms with Gasteiger partial charge in [-0.15, -0.1) is 0 Å². The number of fused-ring (bicyclic) bond motifs is 1. The second kappa shape index (κ2) is 3.15. The summed E-state index contributed by atoms with van der Waals surface area (Å²) in [6.45, 7) is 6.10. The summed E-state index contributed by atoms with van der Waals surface area (Å²) < 4.78 is 4.09. The molecule has 0 amide bonds. The Hall–Kier alpha value is -1.19. The Kier molecular flexibility index (Phi) is 1.90. The van der Waals surface area contributed by atoms with Crippen molar-refractivity contribution in [1.82, 2.24) is 9.36 Å². The van der Waals surface area contributed by atoms with Gasteiger partial charge in [0.05, 0.1) is 5.56 Å². The molecule has 0 aromatic carbocycles. The molecule has 3 heterocycles. The highest BCUT2D eigenvalue weighted by molar-refractivity contribution is 5.47. The first-order chi connectivity index (χ1) is 7.29. The van der Waals surface area contributed by atoms with Crippen LogP contribution in [0.3, 0.4) is 0 Å². The standard InChI is InChI=1S/C11H17N3O/c1-9-10(12-5-2-3-6-12)13-7-4-8-14(13)11(9)15/h2-8H2,1H3. The molecule has 1 aromatic heterocycles. The molecule has 1 fully saturated rings. The first-order valence-corrected chi connectivity index (χ1v) is 5.84. The summed E-state index contributed by atoms with van der Waals surface area (Å²) >= 11 is 0. The summed E-state index contributed by atoms with van der Waals surface area (Å²) in [5.41, 5.74) is 1.16. The second-order valence-corrected chi connectivity index (χ2v) is 4.55. The molecule has 0 bridgehead atoms. The first kappa shape index (κ1) is 9.07. The van der Waals surface area contributed by atoms with Gasteiger partial charge in [-0.1, -0.05) is 0 Å². The summed E-state index contributed by atoms with van der Waals surface area (Å²) in [6, 6.07) is 0. The van der Waals surface area contributed by atoms with Crippen molar-refractivity contribution in [3.63, 3.8) is 0 Å². The van der Waals surface area contributed by atoms with Crippen LogP contribution < -0.4 is 10.5 Å². The van der Waals surface area contributed by atoms with Crippen molar-refractivity contribution in [3.05, 3.63) is 15.9 Å². The summed E-state index contributed by atoms with van der Waals surface area (Å²) in [5.74, 6) is 1.19. The van der Waals surface area contributed by atoms with Crippen LogP contribution in [-0.2, 0) is 13.1 Å². The van der Waals surface area contributed by atoms with Gasteiger partial charge in [-0.25, -0.2) is 4.68 Å². The number of hydrogen-bond acceptors (Lipinski definition) is 2. The van der Waals surface area contributed by atoms with Crippen molar-refractivity contribution < 1.29 is 0 Å². The van der Waals surface area contributed by atoms with Crippen molar-refractivity contribution >= 4 is 5.82 Å². The molecule has 1 aromatic rings. The van der Waals surface area contributed by atoms with Gasteiger partial charge in [-0.05, 0) is 26.2 Å². The fraction of sp³-hybridized carbons (Fsp3) is 0.727. The molecular formula is C11H17N3O. The third kappa shape index (κ3) is 1.17. The number of aromatic nitrogens is 2. The van der Waals surface area contributed by atoms with Gasteiger partial charge in [-0.3, -0.25) is 9.48 Å². The van der Waals surface area contributed by atoms with Gasteiger partial charge in [0.25, 0.3) is 5.56 Å². The lowest BCUT2D eigenvalue weighted by Crippen LogP contribution is -2.22. The minimum absolute atomic E-state index is 0.217. The molecular weight excluding hydrogens is 190 g/mol. The third-order valence-corrected chi connectivity index (χ3v) is 3.57. The highest BCUT2D eigenvalue weighted by Gasteiger charge is 2.25. The third-order valence-electron chi connectivity index (χ3n) is 3.57. The zero-order valence-electron chi connectivity index (χ0n) is 9.20. The summed E-state index contributed by atoms with van der Waals surface area (Å²) in [4.78, 5) is 14.3. The summed E-state index contributed by atoms with van der Waals surface area (Å²) in [5, 5.41) is 0. The number of nitrogens with zero attached hydrogens (tertiary/aromatic N) is 3. The van der Waals surface area contributed by atoms with Crippen LogP contribution in [0.1, 0.15) is 24.8 Å². The van der Waals surface area contributed by atoms with Gasteiger partial charge < -0.3 is 4.90 Å². The highest BCUT2D eigenvalue weighted by Crippen LogP contribution is 2.25. The van der Waals surface area contributed by atoms with Crippen molar-refractivity contribution in [2.75, 3.05) is 18.0 Å². The maximum Gasteiger partial charge on any atom is 0.271 e. The largest absolute Gasteiger partial charge is 0.357 e. The molecule has 0 saturated carbocycles. The minimum Gasteiger partial charge on any atom is -0.357 e. The summed E-state index contributed by atoms with van der Waals surface area (Å²) in [7, 11) is 0. The Morgan fingerprint density at radius 3 is 2.33 bits per heavy atom. The SMILES string of the molecule is Cc1c(N2CCCC2)n2n(c1=O)CCC2. The predicted octanol–water partition coefficient (Wildman–Crippen LogP) is 0.962. The van der Waals surface area contributed by atoms with E-state index in [-0.39, 0.29) is 5.56 Å². The van der Waals surface area contributed by atoms with Crippen molar-refractivity contribution in [2.45, 2.75) is 39.3 Å². The van der Waals surface area contributed by atoms with E-state index in [0.29, 0.717) is 0 Å². The van der Waals surface area contributed by atoms with Crippen LogP contribution in [0, 0.1) is 6.92 Å². The Morgan fingerprint density at radius 2 is 1.60 bits per heavy atom. The molecule has 0 radical (unpaired) electrons. The smallest absolute Gasteiger partial charge is 0.271 e. The zero-order chi connectivity index (χ0) is 10.4. The van der Waals surface area contributed by atoms with E-state index in [4.69, 9.17) is 0 Å². The van der Waals surface area contributed by atoms with Crippen LogP contribution >= 0.6 is 0 Å². The molecule has 15 heavy (non-hydrogen) atoms. The van der Waals surface area contributed by atoms with Gasteiger partial charge in [0.1, 0.15) is 5.82 Å². The second-order valence-electron chi connectivity index (χ2n) is 4.55. The Labute approximate surface area is 89.1 Å². The lowest BCUT2D eigenvalue weighted by atomic mass is 10.3. The van der Waals surface area contributed by atoms with Crippen LogP contribution in [0.5, 0.6) is 0 Å². The fourth-order valence-corrected chi connectivity index (χ4v) is 2.86. The van der Waals surface area contributed by atoms with E-state index in [9.17, 15) is 4.79 Å². The molecule has 2 aliphatic heterocycles. The molecule has 0 unspecified atom stereocenters. The van der Waals surface area contributed by atoms with E-state index in [1.165, 1.54) is 18.7 Å². The topological polar surface area (TPSA) is 30.2 Å². The molecule has 82 valence electrons. The molecule has 1 saturated heterocycles. The average molecular weight is 207 g/mol. The van der Waals surface area contributed by atoms with Crippen LogP contribution in [-0.4, -0.2) is 22.5 Å². The normalized spacial score (nSPS) is 19.9. The van der Waals surface area contributed by atoms with Gasteiger partial charge in [0.2, 0.25) is 0 Å². The monoisotopic (exact) mass is 207 g/mol.